The van der Waals surface area contributed by atoms with E-state index in [-0.39, 0.29) is 0 Å². The van der Waals surface area contributed by atoms with Crippen LogP contribution in [0.5, 0.6) is 0 Å². The van der Waals surface area contributed by atoms with Crippen LogP contribution in [0.4, 0.5) is 23.1 Å². The highest BCUT2D eigenvalue weighted by molar-refractivity contribution is 5.89. The van der Waals surface area contributed by atoms with Crippen molar-refractivity contribution in [2.45, 2.75) is 18.9 Å². The minimum Gasteiger partial charge on any atom is -0.396 e. The van der Waals surface area contributed by atoms with Gasteiger partial charge in [-0.2, -0.15) is 0 Å². The van der Waals surface area contributed by atoms with Crippen LogP contribution in [-0.2, 0) is 4.74 Å². The van der Waals surface area contributed by atoms with E-state index in [2.05, 4.69) is 19.9 Å². The van der Waals surface area contributed by atoms with Crippen LogP contribution in [0, 0.1) is 0 Å². The highest BCUT2D eigenvalue weighted by Gasteiger charge is 2.21. The molecule has 8 nitrogen and oxygen atoms in total. The van der Waals surface area contributed by atoms with Crippen molar-refractivity contribution in [3.63, 3.8) is 0 Å². The smallest absolute Gasteiger partial charge is 0.225 e. The fourth-order valence-corrected chi connectivity index (χ4v) is 2.76. The summed E-state index contributed by atoms with van der Waals surface area (Å²) < 4.78 is 5.39. The molecule has 0 radical (unpaired) electrons. The number of rotatable bonds is 3. The quantitative estimate of drug-likeness (QED) is 0.762. The molecule has 0 unspecified atom stereocenters. The molecular weight excluding hydrogens is 294 g/mol. The fourth-order valence-electron chi connectivity index (χ4n) is 2.76. The van der Waals surface area contributed by atoms with Crippen molar-refractivity contribution >= 4 is 23.1 Å². The molecule has 0 aromatic carbocycles. The van der Waals surface area contributed by atoms with Crippen molar-refractivity contribution in [1.29, 1.82) is 0 Å². The first-order valence-electron chi connectivity index (χ1n) is 7.50. The number of nitrogen functional groups attached to an aromatic ring is 3. The maximum atomic E-state index is 6.04. The van der Waals surface area contributed by atoms with Gasteiger partial charge in [0, 0.05) is 26.4 Å². The first-order valence-corrected chi connectivity index (χ1v) is 7.50. The Hall–Kier alpha value is -2.61. The maximum absolute atomic E-state index is 6.04. The van der Waals surface area contributed by atoms with Gasteiger partial charge >= 0.3 is 0 Å². The van der Waals surface area contributed by atoms with Crippen LogP contribution in [0.1, 0.15) is 12.8 Å². The molecule has 2 aromatic rings. The lowest BCUT2D eigenvalue weighted by atomic mass is 10.1. The van der Waals surface area contributed by atoms with E-state index in [0.29, 0.717) is 40.5 Å². The zero-order chi connectivity index (χ0) is 16.4. The summed E-state index contributed by atoms with van der Waals surface area (Å²) in [6, 6.07) is 1.76. The van der Waals surface area contributed by atoms with Gasteiger partial charge in [0.05, 0.1) is 34.9 Å². The summed E-state index contributed by atoms with van der Waals surface area (Å²) in [6.07, 6.45) is 5.36. The summed E-state index contributed by atoms with van der Waals surface area (Å²) in [4.78, 5) is 15.2. The lowest BCUT2D eigenvalue weighted by Crippen LogP contribution is -2.37. The van der Waals surface area contributed by atoms with E-state index in [0.717, 1.165) is 25.9 Å². The number of hydrogen-bond donors (Lipinski definition) is 3. The zero-order valence-electron chi connectivity index (χ0n) is 13.1. The van der Waals surface area contributed by atoms with E-state index in [1.807, 2.05) is 0 Å². The summed E-state index contributed by atoms with van der Waals surface area (Å²) in [5.74, 6) is 0.956. The Kier molecular flexibility index (Phi) is 4.16. The van der Waals surface area contributed by atoms with E-state index < -0.39 is 0 Å². The average molecular weight is 315 g/mol. The van der Waals surface area contributed by atoms with E-state index in [1.54, 1.807) is 19.4 Å². The van der Waals surface area contributed by atoms with Crippen molar-refractivity contribution < 1.29 is 4.74 Å². The number of methoxy groups -OCH3 is 1. The molecule has 122 valence electrons. The lowest BCUT2D eigenvalue weighted by Gasteiger charge is -2.31. The summed E-state index contributed by atoms with van der Waals surface area (Å²) >= 11 is 0. The van der Waals surface area contributed by atoms with Gasteiger partial charge < -0.3 is 26.8 Å². The van der Waals surface area contributed by atoms with Gasteiger partial charge in [0.2, 0.25) is 5.95 Å². The number of pyridine rings is 1. The SMILES string of the molecule is COC1CCN(c2nccc(-c3c(N)ncc(N)c3N)n2)CC1. The molecule has 8 heteroatoms. The molecular formula is C15H21N7O. The van der Waals surface area contributed by atoms with Crippen LogP contribution in [0.3, 0.4) is 0 Å². The third-order valence-electron chi connectivity index (χ3n) is 4.14. The Bertz CT molecular complexity index is 698. The van der Waals surface area contributed by atoms with Crippen LogP contribution in [-0.4, -0.2) is 41.3 Å². The highest BCUT2D eigenvalue weighted by Crippen LogP contribution is 2.33. The van der Waals surface area contributed by atoms with Crippen LogP contribution < -0.4 is 22.1 Å². The number of nitrogens with two attached hydrogens (primary N) is 3. The molecule has 0 atom stereocenters. The molecule has 6 N–H and O–H groups in total. The normalized spacial score (nSPS) is 15.8. The topological polar surface area (TPSA) is 129 Å². The maximum Gasteiger partial charge on any atom is 0.225 e. The van der Waals surface area contributed by atoms with Gasteiger partial charge in [-0.05, 0) is 18.9 Å². The van der Waals surface area contributed by atoms with Gasteiger partial charge in [-0.3, -0.25) is 0 Å². The van der Waals surface area contributed by atoms with Gasteiger partial charge in [0.15, 0.2) is 0 Å². The van der Waals surface area contributed by atoms with Crippen molar-refractivity contribution in [3.8, 4) is 11.3 Å². The largest absolute Gasteiger partial charge is 0.396 e. The Morgan fingerprint density at radius 1 is 1.17 bits per heavy atom. The Morgan fingerprint density at radius 3 is 2.61 bits per heavy atom. The number of ether oxygens (including phenoxy) is 1. The van der Waals surface area contributed by atoms with Gasteiger partial charge in [-0.15, -0.1) is 0 Å². The third kappa shape index (κ3) is 2.98. The highest BCUT2D eigenvalue weighted by atomic mass is 16.5. The van der Waals surface area contributed by atoms with Gasteiger partial charge in [0.1, 0.15) is 5.82 Å². The first kappa shape index (κ1) is 15.3. The molecule has 3 heterocycles. The van der Waals surface area contributed by atoms with Gasteiger partial charge in [-0.1, -0.05) is 0 Å². The average Bonchev–Trinajstić information content (AvgIpc) is 2.59. The number of piperidine rings is 1. The number of anilines is 4. The van der Waals surface area contributed by atoms with Crippen molar-refractivity contribution in [2.24, 2.45) is 0 Å². The minimum atomic E-state index is 0.304. The molecule has 23 heavy (non-hydrogen) atoms. The molecule has 2 aromatic heterocycles. The molecule has 0 saturated carbocycles. The van der Waals surface area contributed by atoms with E-state index in [1.165, 1.54) is 6.20 Å². The fraction of sp³-hybridized carbons (Fsp3) is 0.400. The van der Waals surface area contributed by atoms with Crippen molar-refractivity contribution in [1.82, 2.24) is 15.0 Å². The first-order chi connectivity index (χ1) is 11.1. The predicted octanol–water partition coefficient (Wildman–Crippen LogP) is 0.900. The third-order valence-corrected chi connectivity index (χ3v) is 4.14. The molecule has 1 aliphatic heterocycles. The lowest BCUT2D eigenvalue weighted by molar-refractivity contribution is 0.0816. The second kappa shape index (κ2) is 6.25. The van der Waals surface area contributed by atoms with E-state index >= 15 is 0 Å². The van der Waals surface area contributed by atoms with Gasteiger partial charge in [0.25, 0.3) is 0 Å². The van der Waals surface area contributed by atoms with Crippen molar-refractivity contribution in [2.75, 3.05) is 42.3 Å². The van der Waals surface area contributed by atoms with Crippen LogP contribution in [0.15, 0.2) is 18.5 Å². The number of hydrogen-bond acceptors (Lipinski definition) is 8. The van der Waals surface area contributed by atoms with Gasteiger partial charge in [-0.25, -0.2) is 15.0 Å². The predicted molar refractivity (Wildman–Crippen MR) is 90.7 cm³/mol. The summed E-state index contributed by atoms with van der Waals surface area (Å²) in [6.45, 7) is 1.70. The summed E-state index contributed by atoms with van der Waals surface area (Å²) in [5, 5.41) is 0. The molecule has 0 bridgehead atoms. The molecule has 3 rings (SSSR count). The molecule has 0 spiro atoms. The van der Waals surface area contributed by atoms with Crippen LogP contribution >= 0.6 is 0 Å². The van der Waals surface area contributed by atoms with E-state index in [9.17, 15) is 0 Å². The molecule has 0 aliphatic carbocycles. The van der Waals surface area contributed by atoms with Crippen molar-refractivity contribution in [3.05, 3.63) is 18.5 Å². The zero-order valence-corrected chi connectivity index (χ0v) is 13.1. The second-order valence-corrected chi connectivity index (χ2v) is 5.55. The second-order valence-electron chi connectivity index (χ2n) is 5.55. The number of nitrogens with zero attached hydrogens (tertiary/aromatic N) is 4. The minimum absolute atomic E-state index is 0.304. The monoisotopic (exact) mass is 315 g/mol. The molecule has 1 fully saturated rings. The standard InChI is InChI=1S/C15H21N7O/c1-23-9-3-6-22(7-4-9)15-19-5-2-11(21-15)12-13(17)10(16)8-20-14(12)18/h2,5,8-9H,3-4,6-7,16H2,1H3,(H4,17,18,20). The van der Waals surface area contributed by atoms with Crippen LogP contribution in [0.25, 0.3) is 11.3 Å². The summed E-state index contributed by atoms with van der Waals surface area (Å²) in [5.41, 5.74) is 19.8. The Balaban J connectivity index is 1.91. The summed E-state index contributed by atoms with van der Waals surface area (Å²) in [7, 11) is 1.75. The Labute approximate surface area is 134 Å². The molecule has 0 amide bonds. The van der Waals surface area contributed by atoms with E-state index in [4.69, 9.17) is 21.9 Å². The molecule has 1 aliphatic rings. The number of aromatic nitrogens is 3. The molecule has 1 saturated heterocycles. The Morgan fingerprint density at radius 2 is 1.91 bits per heavy atom. The van der Waals surface area contributed by atoms with Crippen LogP contribution in [0.2, 0.25) is 0 Å².